The largest absolute Gasteiger partial charge is 0.497 e. The standard InChI is InChI=1S/C23H30ClN5O2.HI/c1-3-25-23(27-15-22(30)26-14-17-7-9-21(31-2)10-8-17)28-19-11-12-29(16-19)20-6-4-5-18(24)13-20;/h4-10,13,19H,3,11-12,14-16H2,1-2H3,(H,26,30)(H2,25,27,28);1H. The van der Waals surface area contributed by atoms with Crippen molar-refractivity contribution in [1.82, 2.24) is 16.0 Å². The first kappa shape index (κ1) is 26.1. The van der Waals surface area contributed by atoms with Crippen LogP contribution in [0.25, 0.3) is 0 Å². The lowest BCUT2D eigenvalue weighted by Crippen LogP contribution is -2.45. The van der Waals surface area contributed by atoms with Crippen LogP contribution >= 0.6 is 35.6 Å². The lowest BCUT2D eigenvalue weighted by Gasteiger charge is -2.20. The summed E-state index contributed by atoms with van der Waals surface area (Å²) in [5.74, 6) is 1.32. The molecular formula is C23H31ClIN5O2. The van der Waals surface area contributed by atoms with Crippen molar-refractivity contribution in [2.45, 2.75) is 25.9 Å². The van der Waals surface area contributed by atoms with Crippen molar-refractivity contribution in [3.63, 3.8) is 0 Å². The van der Waals surface area contributed by atoms with Gasteiger partial charge in [-0.1, -0.05) is 29.8 Å². The molecule has 174 valence electrons. The van der Waals surface area contributed by atoms with Gasteiger partial charge in [0, 0.05) is 42.9 Å². The number of nitrogens with zero attached hydrogens (tertiary/aromatic N) is 2. The topological polar surface area (TPSA) is 78.0 Å². The SMILES string of the molecule is CCNC(=NCC(=O)NCc1ccc(OC)cc1)NC1CCN(c2cccc(Cl)c2)C1.I. The minimum absolute atomic E-state index is 0. The molecule has 0 radical (unpaired) electrons. The summed E-state index contributed by atoms with van der Waals surface area (Å²) in [6, 6.07) is 15.8. The Hall–Kier alpha value is -2.20. The zero-order valence-corrected chi connectivity index (χ0v) is 21.5. The molecular weight excluding hydrogens is 541 g/mol. The van der Waals surface area contributed by atoms with Crippen molar-refractivity contribution >= 4 is 53.1 Å². The molecule has 0 aliphatic carbocycles. The summed E-state index contributed by atoms with van der Waals surface area (Å²) >= 11 is 6.12. The number of rotatable bonds is 8. The molecule has 2 aromatic carbocycles. The number of hydrogen-bond acceptors (Lipinski definition) is 4. The summed E-state index contributed by atoms with van der Waals surface area (Å²) in [5, 5.41) is 10.3. The molecule has 9 heteroatoms. The van der Waals surface area contributed by atoms with Gasteiger partial charge in [-0.05, 0) is 49.2 Å². The van der Waals surface area contributed by atoms with Crippen LogP contribution in [0.1, 0.15) is 18.9 Å². The fourth-order valence-electron chi connectivity index (χ4n) is 3.45. The van der Waals surface area contributed by atoms with Crippen LogP contribution in [0.2, 0.25) is 5.02 Å². The Morgan fingerprint density at radius 1 is 1.22 bits per heavy atom. The van der Waals surface area contributed by atoms with Crippen LogP contribution in [0, 0.1) is 0 Å². The first-order valence-electron chi connectivity index (χ1n) is 10.5. The normalized spacial score (nSPS) is 15.7. The summed E-state index contributed by atoms with van der Waals surface area (Å²) in [5.41, 5.74) is 2.13. The first-order chi connectivity index (χ1) is 15.1. The Labute approximate surface area is 212 Å². The van der Waals surface area contributed by atoms with Gasteiger partial charge in [-0.15, -0.1) is 24.0 Å². The van der Waals surface area contributed by atoms with Gasteiger partial charge in [0.1, 0.15) is 12.3 Å². The number of guanidine groups is 1. The number of benzene rings is 2. The van der Waals surface area contributed by atoms with Gasteiger partial charge in [-0.2, -0.15) is 0 Å². The fourth-order valence-corrected chi connectivity index (χ4v) is 3.63. The van der Waals surface area contributed by atoms with Crippen molar-refractivity contribution in [3.8, 4) is 5.75 Å². The van der Waals surface area contributed by atoms with Crippen molar-refractivity contribution in [2.75, 3.05) is 38.2 Å². The Morgan fingerprint density at radius 2 is 2.00 bits per heavy atom. The van der Waals surface area contributed by atoms with E-state index in [1.807, 2.05) is 49.4 Å². The molecule has 1 heterocycles. The molecule has 2 aromatic rings. The monoisotopic (exact) mass is 571 g/mol. The molecule has 3 rings (SSSR count). The van der Waals surface area contributed by atoms with Crippen LogP contribution in [0.15, 0.2) is 53.5 Å². The molecule has 1 fully saturated rings. The molecule has 0 bridgehead atoms. The highest BCUT2D eigenvalue weighted by atomic mass is 127. The number of amides is 1. The molecule has 3 N–H and O–H groups in total. The number of anilines is 1. The average Bonchev–Trinajstić information content (AvgIpc) is 3.25. The quantitative estimate of drug-likeness (QED) is 0.257. The van der Waals surface area contributed by atoms with Gasteiger partial charge >= 0.3 is 0 Å². The van der Waals surface area contributed by atoms with Crippen molar-refractivity contribution in [1.29, 1.82) is 0 Å². The Kier molecular flexibility index (Phi) is 10.9. The zero-order valence-electron chi connectivity index (χ0n) is 18.4. The van der Waals surface area contributed by atoms with Gasteiger partial charge in [-0.3, -0.25) is 4.79 Å². The molecule has 7 nitrogen and oxygen atoms in total. The highest BCUT2D eigenvalue weighted by Gasteiger charge is 2.23. The second kappa shape index (κ2) is 13.4. The number of carbonyl (C=O) groups is 1. The van der Waals surface area contributed by atoms with E-state index in [9.17, 15) is 4.79 Å². The van der Waals surface area contributed by atoms with Gasteiger partial charge in [0.25, 0.3) is 0 Å². The second-order valence-electron chi connectivity index (χ2n) is 7.38. The summed E-state index contributed by atoms with van der Waals surface area (Å²) in [4.78, 5) is 19.0. The average molecular weight is 572 g/mol. The predicted molar refractivity (Wildman–Crippen MR) is 141 cm³/mol. The Bertz CT molecular complexity index is 894. The van der Waals surface area contributed by atoms with E-state index in [-0.39, 0.29) is 42.5 Å². The van der Waals surface area contributed by atoms with Gasteiger partial charge < -0.3 is 25.6 Å². The van der Waals surface area contributed by atoms with Gasteiger partial charge in [0.15, 0.2) is 5.96 Å². The molecule has 1 amide bonds. The second-order valence-corrected chi connectivity index (χ2v) is 7.81. The predicted octanol–water partition coefficient (Wildman–Crippen LogP) is 3.42. The Balaban J connectivity index is 0.00000363. The summed E-state index contributed by atoms with van der Waals surface area (Å²) in [6.45, 7) is 5.06. The number of methoxy groups -OCH3 is 1. The molecule has 0 saturated carbocycles. The lowest BCUT2D eigenvalue weighted by atomic mass is 10.2. The maximum Gasteiger partial charge on any atom is 0.242 e. The number of nitrogens with one attached hydrogen (secondary N) is 3. The van der Waals surface area contributed by atoms with Crippen molar-refractivity contribution in [3.05, 3.63) is 59.1 Å². The van der Waals surface area contributed by atoms with E-state index < -0.39 is 0 Å². The van der Waals surface area contributed by atoms with E-state index in [4.69, 9.17) is 16.3 Å². The zero-order chi connectivity index (χ0) is 22.1. The summed E-state index contributed by atoms with van der Waals surface area (Å²) in [7, 11) is 1.63. The van der Waals surface area contributed by atoms with Gasteiger partial charge in [0.2, 0.25) is 5.91 Å². The van der Waals surface area contributed by atoms with E-state index in [0.29, 0.717) is 12.5 Å². The van der Waals surface area contributed by atoms with E-state index in [1.54, 1.807) is 7.11 Å². The van der Waals surface area contributed by atoms with Crippen LogP contribution in [0.4, 0.5) is 5.69 Å². The number of carbonyl (C=O) groups excluding carboxylic acids is 1. The number of ether oxygens (including phenoxy) is 1. The van der Waals surface area contributed by atoms with Crippen molar-refractivity contribution < 1.29 is 9.53 Å². The van der Waals surface area contributed by atoms with Crippen molar-refractivity contribution in [2.24, 2.45) is 4.99 Å². The van der Waals surface area contributed by atoms with Gasteiger partial charge in [-0.25, -0.2) is 4.99 Å². The molecule has 1 aliphatic heterocycles. The lowest BCUT2D eigenvalue weighted by molar-refractivity contribution is -0.119. The molecule has 0 aromatic heterocycles. The molecule has 1 saturated heterocycles. The van der Waals surface area contributed by atoms with E-state index in [2.05, 4.69) is 31.9 Å². The van der Waals surface area contributed by atoms with E-state index in [1.165, 1.54) is 0 Å². The number of hydrogen-bond donors (Lipinski definition) is 3. The smallest absolute Gasteiger partial charge is 0.242 e. The van der Waals surface area contributed by atoms with Crippen LogP contribution in [0.3, 0.4) is 0 Å². The number of halogens is 2. The highest BCUT2D eigenvalue weighted by Crippen LogP contribution is 2.23. The van der Waals surface area contributed by atoms with Crippen LogP contribution in [-0.4, -0.2) is 51.2 Å². The van der Waals surface area contributed by atoms with Gasteiger partial charge in [0.05, 0.1) is 7.11 Å². The summed E-state index contributed by atoms with van der Waals surface area (Å²) in [6.07, 6.45) is 0.987. The first-order valence-corrected chi connectivity index (χ1v) is 10.9. The molecule has 1 unspecified atom stereocenters. The third kappa shape index (κ3) is 8.05. The molecule has 1 atom stereocenters. The maximum atomic E-state index is 12.2. The van der Waals surface area contributed by atoms with Crippen LogP contribution < -0.4 is 25.6 Å². The molecule has 0 spiro atoms. The summed E-state index contributed by atoms with van der Waals surface area (Å²) < 4.78 is 5.15. The third-order valence-electron chi connectivity index (χ3n) is 5.08. The third-order valence-corrected chi connectivity index (χ3v) is 5.31. The molecule has 32 heavy (non-hydrogen) atoms. The van der Waals surface area contributed by atoms with E-state index >= 15 is 0 Å². The number of aliphatic imine (C=N–C) groups is 1. The molecule has 1 aliphatic rings. The van der Waals surface area contributed by atoms with Crippen LogP contribution in [-0.2, 0) is 11.3 Å². The highest BCUT2D eigenvalue weighted by molar-refractivity contribution is 14.0. The van der Waals surface area contributed by atoms with E-state index in [0.717, 1.165) is 48.1 Å². The maximum absolute atomic E-state index is 12.2. The minimum atomic E-state index is -0.125. The minimum Gasteiger partial charge on any atom is -0.497 e. The fraction of sp³-hybridized carbons (Fsp3) is 0.391. The Morgan fingerprint density at radius 3 is 2.69 bits per heavy atom. The van der Waals surface area contributed by atoms with Crippen LogP contribution in [0.5, 0.6) is 5.75 Å².